The number of nitrogens with one attached hydrogen (secondary N) is 1. The van der Waals surface area contributed by atoms with E-state index in [0.717, 1.165) is 37.8 Å². The standard InChI is InChI=1S/C17H28N2O/c1-3-11-20-17-8-6-15(7-9-17)12-18-13-16-5-4-10-19(2)14-16/h6-9,16,18H,3-5,10-14H2,1-2H3. The Morgan fingerprint density at radius 3 is 2.80 bits per heavy atom. The predicted octanol–water partition coefficient (Wildman–Crippen LogP) is 2.91. The topological polar surface area (TPSA) is 24.5 Å². The summed E-state index contributed by atoms with van der Waals surface area (Å²) in [6.45, 7) is 7.49. The summed E-state index contributed by atoms with van der Waals surface area (Å²) in [6, 6.07) is 8.46. The van der Waals surface area contributed by atoms with E-state index in [-0.39, 0.29) is 0 Å². The zero-order valence-corrected chi connectivity index (χ0v) is 12.9. The fourth-order valence-electron chi connectivity index (χ4n) is 2.78. The predicted molar refractivity (Wildman–Crippen MR) is 84.2 cm³/mol. The molecule has 0 amide bonds. The Hall–Kier alpha value is -1.06. The van der Waals surface area contributed by atoms with Gasteiger partial charge in [-0.15, -0.1) is 0 Å². The third kappa shape index (κ3) is 5.14. The van der Waals surface area contributed by atoms with Crippen LogP contribution in [-0.2, 0) is 6.54 Å². The number of benzene rings is 1. The van der Waals surface area contributed by atoms with Gasteiger partial charge in [0, 0.05) is 13.1 Å². The summed E-state index contributed by atoms with van der Waals surface area (Å²) in [7, 11) is 2.22. The largest absolute Gasteiger partial charge is 0.494 e. The molecule has 3 heteroatoms. The molecule has 1 aromatic carbocycles. The highest BCUT2D eigenvalue weighted by Crippen LogP contribution is 2.15. The van der Waals surface area contributed by atoms with Crippen LogP contribution in [0.2, 0.25) is 0 Å². The van der Waals surface area contributed by atoms with Crippen LogP contribution in [0.5, 0.6) is 5.75 Å². The molecule has 1 fully saturated rings. The molecule has 3 nitrogen and oxygen atoms in total. The average Bonchev–Trinajstić information content (AvgIpc) is 2.46. The number of piperidine rings is 1. The van der Waals surface area contributed by atoms with E-state index in [1.807, 2.05) is 0 Å². The molecule has 0 bridgehead atoms. The Balaban J connectivity index is 1.68. The lowest BCUT2D eigenvalue weighted by molar-refractivity contribution is 0.206. The minimum Gasteiger partial charge on any atom is -0.494 e. The molecule has 1 aliphatic rings. The number of nitrogens with zero attached hydrogens (tertiary/aromatic N) is 1. The number of rotatable bonds is 7. The molecule has 0 aromatic heterocycles. The third-order valence-electron chi connectivity index (χ3n) is 3.88. The van der Waals surface area contributed by atoms with Crippen molar-refractivity contribution in [2.24, 2.45) is 5.92 Å². The van der Waals surface area contributed by atoms with Crippen molar-refractivity contribution in [1.29, 1.82) is 0 Å². The number of likely N-dealkylation sites (tertiary alicyclic amines) is 1. The van der Waals surface area contributed by atoms with Crippen LogP contribution in [0, 0.1) is 5.92 Å². The average molecular weight is 276 g/mol. The molecular weight excluding hydrogens is 248 g/mol. The van der Waals surface area contributed by atoms with E-state index in [1.165, 1.54) is 31.5 Å². The van der Waals surface area contributed by atoms with Crippen LogP contribution >= 0.6 is 0 Å². The first-order valence-electron chi connectivity index (χ1n) is 7.89. The van der Waals surface area contributed by atoms with Crippen molar-refractivity contribution in [3.63, 3.8) is 0 Å². The van der Waals surface area contributed by atoms with Gasteiger partial charge in [0.1, 0.15) is 5.75 Å². The molecule has 20 heavy (non-hydrogen) atoms. The lowest BCUT2D eigenvalue weighted by Crippen LogP contribution is -2.37. The maximum atomic E-state index is 5.60. The van der Waals surface area contributed by atoms with Crippen LogP contribution in [0.3, 0.4) is 0 Å². The van der Waals surface area contributed by atoms with Crippen molar-refractivity contribution in [3.05, 3.63) is 29.8 Å². The summed E-state index contributed by atoms with van der Waals surface area (Å²) in [5, 5.41) is 3.59. The molecule has 112 valence electrons. The van der Waals surface area contributed by atoms with E-state index in [1.54, 1.807) is 0 Å². The molecule has 0 saturated carbocycles. The zero-order chi connectivity index (χ0) is 14.2. The number of hydrogen-bond acceptors (Lipinski definition) is 3. The lowest BCUT2D eigenvalue weighted by atomic mass is 9.98. The van der Waals surface area contributed by atoms with Crippen LogP contribution in [0.25, 0.3) is 0 Å². The lowest BCUT2D eigenvalue weighted by Gasteiger charge is -2.29. The maximum absolute atomic E-state index is 5.60. The van der Waals surface area contributed by atoms with Gasteiger partial charge in [-0.25, -0.2) is 0 Å². The van der Waals surface area contributed by atoms with Gasteiger partial charge in [0.2, 0.25) is 0 Å². The van der Waals surface area contributed by atoms with Crippen LogP contribution in [0.15, 0.2) is 24.3 Å². The van der Waals surface area contributed by atoms with Crippen molar-refractivity contribution in [3.8, 4) is 5.75 Å². The van der Waals surface area contributed by atoms with Crippen LogP contribution in [0.4, 0.5) is 0 Å². The maximum Gasteiger partial charge on any atom is 0.119 e. The van der Waals surface area contributed by atoms with Gasteiger partial charge in [-0.05, 0) is 63.0 Å². The molecule has 0 aliphatic carbocycles. The first-order valence-corrected chi connectivity index (χ1v) is 7.89. The van der Waals surface area contributed by atoms with Gasteiger partial charge >= 0.3 is 0 Å². The minimum absolute atomic E-state index is 0.798. The summed E-state index contributed by atoms with van der Waals surface area (Å²) in [4.78, 5) is 2.44. The van der Waals surface area contributed by atoms with Gasteiger partial charge in [-0.1, -0.05) is 19.1 Å². The van der Waals surface area contributed by atoms with E-state index in [2.05, 4.69) is 48.5 Å². The summed E-state index contributed by atoms with van der Waals surface area (Å²) < 4.78 is 5.60. The molecule has 1 atom stereocenters. The fourth-order valence-corrected chi connectivity index (χ4v) is 2.78. The molecule has 1 N–H and O–H groups in total. The Kier molecular flexibility index (Phi) is 6.34. The molecule has 2 rings (SSSR count). The quantitative estimate of drug-likeness (QED) is 0.829. The first-order chi connectivity index (χ1) is 9.78. The zero-order valence-electron chi connectivity index (χ0n) is 12.9. The van der Waals surface area contributed by atoms with Crippen LogP contribution < -0.4 is 10.1 Å². The van der Waals surface area contributed by atoms with Gasteiger partial charge < -0.3 is 15.0 Å². The van der Waals surface area contributed by atoms with E-state index >= 15 is 0 Å². The summed E-state index contributed by atoms with van der Waals surface area (Å²) in [6.07, 6.45) is 3.76. The van der Waals surface area contributed by atoms with Crippen molar-refractivity contribution < 1.29 is 4.74 Å². The molecule has 1 aliphatic heterocycles. The Morgan fingerprint density at radius 2 is 2.10 bits per heavy atom. The van der Waals surface area contributed by atoms with Crippen LogP contribution in [0.1, 0.15) is 31.7 Å². The molecule has 0 spiro atoms. The Labute approximate surface area is 123 Å². The van der Waals surface area contributed by atoms with Crippen molar-refractivity contribution in [2.75, 3.05) is 33.3 Å². The van der Waals surface area contributed by atoms with E-state index < -0.39 is 0 Å². The second-order valence-electron chi connectivity index (χ2n) is 5.89. The van der Waals surface area contributed by atoms with E-state index in [0.29, 0.717) is 0 Å². The second kappa shape index (κ2) is 8.28. The van der Waals surface area contributed by atoms with Gasteiger partial charge in [-0.3, -0.25) is 0 Å². The molecule has 1 heterocycles. The van der Waals surface area contributed by atoms with Gasteiger partial charge in [-0.2, -0.15) is 0 Å². The van der Waals surface area contributed by atoms with Gasteiger partial charge in [0.05, 0.1) is 6.61 Å². The Bertz CT molecular complexity index is 377. The van der Waals surface area contributed by atoms with Gasteiger partial charge in [0.15, 0.2) is 0 Å². The first kappa shape index (κ1) is 15.3. The monoisotopic (exact) mass is 276 g/mol. The minimum atomic E-state index is 0.798. The molecule has 1 saturated heterocycles. The SMILES string of the molecule is CCCOc1ccc(CNCC2CCCN(C)C2)cc1. The van der Waals surface area contributed by atoms with Gasteiger partial charge in [0.25, 0.3) is 0 Å². The van der Waals surface area contributed by atoms with Crippen molar-refractivity contribution in [1.82, 2.24) is 10.2 Å². The summed E-state index contributed by atoms with van der Waals surface area (Å²) >= 11 is 0. The van der Waals surface area contributed by atoms with E-state index in [4.69, 9.17) is 4.74 Å². The normalized spacial score (nSPS) is 20.0. The smallest absolute Gasteiger partial charge is 0.119 e. The molecule has 1 aromatic rings. The van der Waals surface area contributed by atoms with Crippen molar-refractivity contribution in [2.45, 2.75) is 32.7 Å². The Morgan fingerprint density at radius 1 is 1.30 bits per heavy atom. The second-order valence-corrected chi connectivity index (χ2v) is 5.89. The van der Waals surface area contributed by atoms with Crippen molar-refractivity contribution >= 4 is 0 Å². The molecule has 1 unspecified atom stereocenters. The highest BCUT2D eigenvalue weighted by atomic mass is 16.5. The number of ether oxygens (including phenoxy) is 1. The molecular formula is C17H28N2O. The third-order valence-corrected chi connectivity index (χ3v) is 3.88. The fraction of sp³-hybridized carbons (Fsp3) is 0.647. The highest BCUT2D eigenvalue weighted by molar-refractivity contribution is 5.27. The summed E-state index contributed by atoms with van der Waals surface area (Å²) in [5.74, 6) is 1.78. The summed E-state index contributed by atoms with van der Waals surface area (Å²) in [5.41, 5.74) is 1.33. The highest BCUT2D eigenvalue weighted by Gasteiger charge is 2.16. The van der Waals surface area contributed by atoms with Crippen LogP contribution in [-0.4, -0.2) is 38.2 Å². The molecule has 0 radical (unpaired) electrons. The van der Waals surface area contributed by atoms with E-state index in [9.17, 15) is 0 Å². The number of hydrogen-bond donors (Lipinski definition) is 1.